The number of carboxylic acid groups (broad SMARTS) is 1. The Morgan fingerprint density at radius 1 is 1.39 bits per heavy atom. The molecule has 1 atom stereocenters. The second kappa shape index (κ2) is 5.70. The Labute approximate surface area is 105 Å². The third-order valence-corrected chi connectivity index (χ3v) is 2.86. The summed E-state index contributed by atoms with van der Waals surface area (Å²) in [6, 6.07) is -1.42. The van der Waals surface area contributed by atoms with Crippen molar-refractivity contribution in [1.82, 2.24) is 10.2 Å². The van der Waals surface area contributed by atoms with Crippen LogP contribution in [0.15, 0.2) is 0 Å². The van der Waals surface area contributed by atoms with Crippen LogP contribution in [-0.4, -0.2) is 47.0 Å². The maximum absolute atomic E-state index is 12.0. The lowest BCUT2D eigenvalue weighted by Crippen LogP contribution is -2.59. The van der Waals surface area contributed by atoms with Crippen LogP contribution < -0.4 is 11.1 Å². The Balaban J connectivity index is 2.55. The first kappa shape index (κ1) is 14.3. The molecule has 0 saturated carbocycles. The fourth-order valence-corrected chi connectivity index (χ4v) is 1.90. The number of rotatable bonds is 5. The molecular formula is C11H19N3O4. The third-order valence-electron chi connectivity index (χ3n) is 2.86. The molecule has 0 radical (unpaired) electrons. The number of hydrogen-bond acceptors (Lipinski definition) is 3. The van der Waals surface area contributed by atoms with E-state index in [1.165, 1.54) is 4.90 Å². The van der Waals surface area contributed by atoms with Crippen molar-refractivity contribution in [3.05, 3.63) is 0 Å². The Morgan fingerprint density at radius 3 is 2.33 bits per heavy atom. The van der Waals surface area contributed by atoms with Crippen molar-refractivity contribution in [1.29, 1.82) is 0 Å². The molecule has 4 N–H and O–H groups in total. The monoisotopic (exact) mass is 257 g/mol. The Bertz CT molecular complexity index is 350. The zero-order chi connectivity index (χ0) is 13.9. The highest BCUT2D eigenvalue weighted by Gasteiger charge is 2.38. The van der Waals surface area contributed by atoms with E-state index in [9.17, 15) is 14.4 Å². The highest BCUT2D eigenvalue weighted by atomic mass is 16.4. The maximum Gasteiger partial charge on any atom is 0.312 e. The molecule has 1 fully saturated rings. The van der Waals surface area contributed by atoms with Crippen LogP contribution in [0.25, 0.3) is 0 Å². The Hall–Kier alpha value is -1.79. The van der Waals surface area contributed by atoms with Gasteiger partial charge in [-0.2, -0.15) is 0 Å². The van der Waals surface area contributed by atoms with E-state index in [2.05, 4.69) is 5.32 Å². The van der Waals surface area contributed by atoms with Crippen molar-refractivity contribution in [2.24, 2.45) is 17.6 Å². The quantitative estimate of drug-likeness (QED) is 0.622. The maximum atomic E-state index is 12.0. The SMILES string of the molecule is CC(C)CC(NC(N)=O)C(=O)N1CC(C(=O)O)C1. The fourth-order valence-electron chi connectivity index (χ4n) is 1.90. The summed E-state index contributed by atoms with van der Waals surface area (Å²) in [6.07, 6.45) is 0.482. The van der Waals surface area contributed by atoms with Gasteiger partial charge in [0.05, 0.1) is 5.92 Å². The Morgan fingerprint density at radius 2 is 1.94 bits per heavy atom. The van der Waals surface area contributed by atoms with Gasteiger partial charge in [0.1, 0.15) is 6.04 Å². The summed E-state index contributed by atoms with van der Waals surface area (Å²) in [5.41, 5.74) is 5.03. The number of nitrogens with one attached hydrogen (secondary N) is 1. The van der Waals surface area contributed by atoms with Crippen LogP contribution in [0.5, 0.6) is 0 Å². The zero-order valence-corrected chi connectivity index (χ0v) is 10.5. The molecule has 0 aromatic rings. The van der Waals surface area contributed by atoms with Gasteiger partial charge in [-0.15, -0.1) is 0 Å². The van der Waals surface area contributed by atoms with Crippen molar-refractivity contribution < 1.29 is 19.5 Å². The molecule has 1 unspecified atom stereocenters. The molecule has 0 bridgehead atoms. The summed E-state index contributed by atoms with van der Waals surface area (Å²) in [5.74, 6) is -1.44. The summed E-state index contributed by atoms with van der Waals surface area (Å²) >= 11 is 0. The number of carboxylic acids is 1. The molecular weight excluding hydrogens is 238 g/mol. The van der Waals surface area contributed by atoms with Crippen LogP contribution >= 0.6 is 0 Å². The van der Waals surface area contributed by atoms with Gasteiger partial charge in [-0.05, 0) is 12.3 Å². The number of likely N-dealkylation sites (tertiary alicyclic amines) is 1. The standard InChI is InChI=1S/C11H19N3O4/c1-6(2)3-8(13-11(12)18)9(15)14-4-7(5-14)10(16)17/h6-8H,3-5H2,1-2H3,(H,16,17)(H3,12,13,18). The number of nitrogens with two attached hydrogens (primary N) is 1. The number of primary amides is 1. The third kappa shape index (κ3) is 3.61. The molecule has 0 aromatic heterocycles. The molecule has 0 spiro atoms. The van der Waals surface area contributed by atoms with Gasteiger partial charge in [-0.25, -0.2) is 4.79 Å². The van der Waals surface area contributed by atoms with Crippen molar-refractivity contribution in [2.75, 3.05) is 13.1 Å². The molecule has 1 saturated heterocycles. The van der Waals surface area contributed by atoms with Crippen LogP contribution in [0.2, 0.25) is 0 Å². The van der Waals surface area contributed by atoms with E-state index in [0.717, 1.165) is 0 Å². The van der Waals surface area contributed by atoms with E-state index in [-0.39, 0.29) is 24.9 Å². The lowest BCUT2D eigenvalue weighted by molar-refractivity contribution is -0.153. The van der Waals surface area contributed by atoms with Gasteiger partial charge in [-0.1, -0.05) is 13.8 Å². The average Bonchev–Trinajstić information content (AvgIpc) is 2.11. The summed E-state index contributed by atoms with van der Waals surface area (Å²) < 4.78 is 0. The minimum absolute atomic E-state index is 0.198. The first-order valence-electron chi connectivity index (χ1n) is 5.88. The molecule has 1 heterocycles. The van der Waals surface area contributed by atoms with Crippen LogP contribution in [0.3, 0.4) is 0 Å². The predicted octanol–water partition coefficient (Wildman–Crippen LogP) is -0.388. The van der Waals surface area contributed by atoms with Crippen LogP contribution in [0.1, 0.15) is 20.3 Å². The van der Waals surface area contributed by atoms with E-state index in [1.807, 2.05) is 13.8 Å². The van der Waals surface area contributed by atoms with E-state index in [4.69, 9.17) is 10.8 Å². The predicted molar refractivity (Wildman–Crippen MR) is 63.7 cm³/mol. The van der Waals surface area contributed by atoms with E-state index < -0.39 is 24.0 Å². The minimum Gasteiger partial charge on any atom is -0.481 e. The molecule has 0 aromatic carbocycles. The molecule has 102 valence electrons. The lowest BCUT2D eigenvalue weighted by Gasteiger charge is -2.39. The first-order chi connectivity index (χ1) is 8.31. The smallest absolute Gasteiger partial charge is 0.312 e. The van der Waals surface area contributed by atoms with Gasteiger partial charge < -0.3 is 21.1 Å². The van der Waals surface area contributed by atoms with Gasteiger partial charge in [0.25, 0.3) is 0 Å². The second-order valence-corrected chi connectivity index (χ2v) is 4.97. The van der Waals surface area contributed by atoms with Gasteiger partial charge >= 0.3 is 12.0 Å². The average molecular weight is 257 g/mol. The minimum atomic E-state index is -0.901. The number of hydrogen-bond donors (Lipinski definition) is 3. The van der Waals surface area contributed by atoms with Gasteiger partial charge in [-0.3, -0.25) is 9.59 Å². The summed E-state index contributed by atoms with van der Waals surface area (Å²) in [4.78, 5) is 35.0. The largest absolute Gasteiger partial charge is 0.481 e. The molecule has 7 nitrogen and oxygen atoms in total. The topological polar surface area (TPSA) is 113 Å². The van der Waals surface area contributed by atoms with Gasteiger partial charge in [0, 0.05) is 13.1 Å². The van der Waals surface area contributed by atoms with Crippen LogP contribution in [0, 0.1) is 11.8 Å². The van der Waals surface area contributed by atoms with Crippen molar-refractivity contribution in [3.63, 3.8) is 0 Å². The van der Waals surface area contributed by atoms with Gasteiger partial charge in [0.2, 0.25) is 5.91 Å². The summed E-state index contributed by atoms with van der Waals surface area (Å²) in [5, 5.41) is 11.1. The number of nitrogens with zero attached hydrogens (tertiary/aromatic N) is 1. The number of carbonyl (C=O) groups is 3. The fraction of sp³-hybridized carbons (Fsp3) is 0.727. The number of aliphatic carboxylic acids is 1. The molecule has 1 aliphatic heterocycles. The van der Waals surface area contributed by atoms with Gasteiger partial charge in [0.15, 0.2) is 0 Å². The highest BCUT2D eigenvalue weighted by Crippen LogP contribution is 2.18. The Kier molecular flexibility index (Phi) is 4.52. The van der Waals surface area contributed by atoms with E-state index >= 15 is 0 Å². The molecule has 1 aliphatic rings. The van der Waals surface area contributed by atoms with Crippen molar-refractivity contribution >= 4 is 17.9 Å². The number of carbonyl (C=O) groups excluding carboxylic acids is 2. The lowest BCUT2D eigenvalue weighted by atomic mass is 9.96. The van der Waals surface area contributed by atoms with Crippen LogP contribution in [-0.2, 0) is 9.59 Å². The number of urea groups is 1. The number of amides is 3. The highest BCUT2D eigenvalue weighted by molar-refractivity contribution is 5.88. The van der Waals surface area contributed by atoms with E-state index in [1.54, 1.807) is 0 Å². The van der Waals surface area contributed by atoms with Crippen molar-refractivity contribution in [3.8, 4) is 0 Å². The van der Waals surface area contributed by atoms with Crippen LogP contribution in [0.4, 0.5) is 4.79 Å². The summed E-state index contributed by atoms with van der Waals surface area (Å²) in [6.45, 7) is 4.25. The normalized spacial score (nSPS) is 17.2. The molecule has 18 heavy (non-hydrogen) atoms. The van der Waals surface area contributed by atoms with Crippen molar-refractivity contribution in [2.45, 2.75) is 26.3 Å². The zero-order valence-electron chi connectivity index (χ0n) is 10.5. The second-order valence-electron chi connectivity index (χ2n) is 4.97. The summed E-state index contributed by atoms with van der Waals surface area (Å²) in [7, 11) is 0. The molecule has 7 heteroatoms. The molecule has 0 aliphatic carbocycles. The first-order valence-corrected chi connectivity index (χ1v) is 5.88. The molecule has 1 rings (SSSR count). The molecule has 3 amide bonds. The van der Waals surface area contributed by atoms with E-state index in [0.29, 0.717) is 6.42 Å².